The lowest BCUT2D eigenvalue weighted by atomic mass is 10.1. The van der Waals surface area contributed by atoms with Gasteiger partial charge in [0.1, 0.15) is 6.10 Å². The first kappa shape index (κ1) is 11.4. The number of rotatable bonds is 4. The zero-order valence-corrected chi connectivity index (χ0v) is 9.12. The highest BCUT2D eigenvalue weighted by atomic mass is 19.1. The van der Waals surface area contributed by atoms with Crippen LogP contribution in [0.4, 0.5) is 4.39 Å². The number of hydrogen-bond donors (Lipinski definition) is 1. The van der Waals surface area contributed by atoms with E-state index in [1.165, 1.54) is 6.07 Å². The first-order chi connectivity index (χ1) is 7.79. The molecule has 4 heteroatoms. The van der Waals surface area contributed by atoms with Crippen LogP contribution in [0.25, 0.3) is 0 Å². The van der Waals surface area contributed by atoms with Crippen molar-refractivity contribution in [3.8, 4) is 5.75 Å². The summed E-state index contributed by atoms with van der Waals surface area (Å²) >= 11 is 0. The van der Waals surface area contributed by atoms with Gasteiger partial charge >= 0.3 is 0 Å². The summed E-state index contributed by atoms with van der Waals surface area (Å²) in [4.78, 5) is 0. The molecule has 0 radical (unpaired) electrons. The molecule has 88 valence electrons. The van der Waals surface area contributed by atoms with E-state index in [1.54, 1.807) is 6.07 Å². The van der Waals surface area contributed by atoms with Crippen molar-refractivity contribution < 1.29 is 13.9 Å². The molecule has 1 aliphatic rings. The largest absolute Gasteiger partial charge is 0.485 e. The highest BCUT2D eigenvalue weighted by Crippen LogP contribution is 2.22. The second-order valence-electron chi connectivity index (χ2n) is 3.91. The normalized spacial score (nSPS) is 20.0. The molecule has 0 aromatic heterocycles. The Kier molecular flexibility index (Phi) is 3.74. The summed E-state index contributed by atoms with van der Waals surface area (Å²) in [6.45, 7) is 1.76. The lowest BCUT2D eigenvalue weighted by molar-refractivity contribution is 0.138. The van der Waals surface area contributed by atoms with E-state index in [9.17, 15) is 4.39 Å². The molecular weight excluding hydrogens is 209 g/mol. The maximum Gasteiger partial charge on any atom is 0.165 e. The minimum Gasteiger partial charge on any atom is -0.485 e. The molecule has 1 aromatic carbocycles. The molecule has 2 rings (SSSR count). The molecular formula is C12H16FNO2. The molecule has 1 aromatic rings. The van der Waals surface area contributed by atoms with Gasteiger partial charge in [-0.1, -0.05) is 6.07 Å². The van der Waals surface area contributed by atoms with Crippen LogP contribution < -0.4 is 10.5 Å². The van der Waals surface area contributed by atoms with Crippen molar-refractivity contribution in [3.05, 3.63) is 29.6 Å². The monoisotopic (exact) mass is 225 g/mol. The molecule has 1 fully saturated rings. The summed E-state index contributed by atoms with van der Waals surface area (Å²) in [6.07, 6.45) is 1.49. The third kappa shape index (κ3) is 2.71. The van der Waals surface area contributed by atoms with Crippen LogP contribution in [0.2, 0.25) is 0 Å². The van der Waals surface area contributed by atoms with E-state index in [0.717, 1.165) is 12.0 Å². The van der Waals surface area contributed by atoms with Crippen molar-refractivity contribution in [2.75, 3.05) is 19.8 Å². The van der Waals surface area contributed by atoms with E-state index < -0.39 is 0 Å². The molecule has 0 bridgehead atoms. The smallest absolute Gasteiger partial charge is 0.165 e. The minimum absolute atomic E-state index is 0.0186. The van der Waals surface area contributed by atoms with Gasteiger partial charge in [0.2, 0.25) is 0 Å². The topological polar surface area (TPSA) is 44.5 Å². The standard InChI is InChI=1S/C12H16FNO2/c13-11-7-9(3-5-14)1-2-12(11)16-10-4-6-15-8-10/h1-2,7,10H,3-6,8,14H2. The Hall–Kier alpha value is -1.13. The highest BCUT2D eigenvalue weighted by molar-refractivity contribution is 5.29. The van der Waals surface area contributed by atoms with E-state index in [4.69, 9.17) is 15.2 Å². The van der Waals surface area contributed by atoms with Crippen LogP contribution in [-0.2, 0) is 11.2 Å². The van der Waals surface area contributed by atoms with E-state index >= 15 is 0 Å². The third-order valence-electron chi connectivity index (χ3n) is 2.61. The van der Waals surface area contributed by atoms with Crippen LogP contribution in [0, 0.1) is 5.82 Å². The molecule has 3 nitrogen and oxygen atoms in total. The highest BCUT2D eigenvalue weighted by Gasteiger charge is 2.18. The Balaban J connectivity index is 2.03. The van der Waals surface area contributed by atoms with Crippen LogP contribution in [0.1, 0.15) is 12.0 Å². The molecule has 1 heterocycles. The van der Waals surface area contributed by atoms with Crippen molar-refractivity contribution >= 4 is 0 Å². The Morgan fingerprint density at radius 2 is 2.38 bits per heavy atom. The molecule has 16 heavy (non-hydrogen) atoms. The summed E-state index contributed by atoms with van der Waals surface area (Å²) in [7, 11) is 0. The summed E-state index contributed by atoms with van der Waals surface area (Å²) in [6, 6.07) is 5.00. The molecule has 0 saturated carbocycles. The van der Waals surface area contributed by atoms with Crippen LogP contribution >= 0.6 is 0 Å². The van der Waals surface area contributed by atoms with Gasteiger partial charge in [-0.3, -0.25) is 0 Å². The van der Waals surface area contributed by atoms with Gasteiger partial charge in [0.25, 0.3) is 0 Å². The maximum absolute atomic E-state index is 13.6. The van der Waals surface area contributed by atoms with E-state index in [0.29, 0.717) is 31.9 Å². The fourth-order valence-corrected chi connectivity index (χ4v) is 1.75. The Morgan fingerprint density at radius 1 is 1.50 bits per heavy atom. The second kappa shape index (κ2) is 5.27. The molecule has 0 amide bonds. The fourth-order valence-electron chi connectivity index (χ4n) is 1.75. The third-order valence-corrected chi connectivity index (χ3v) is 2.61. The van der Waals surface area contributed by atoms with Gasteiger partial charge in [-0.2, -0.15) is 0 Å². The van der Waals surface area contributed by atoms with Crippen molar-refractivity contribution in [1.82, 2.24) is 0 Å². The van der Waals surface area contributed by atoms with Crippen molar-refractivity contribution in [3.63, 3.8) is 0 Å². The summed E-state index contributed by atoms with van der Waals surface area (Å²) in [5.41, 5.74) is 6.31. The first-order valence-electron chi connectivity index (χ1n) is 5.52. The Labute approximate surface area is 94.3 Å². The predicted octanol–water partition coefficient (Wildman–Crippen LogP) is 1.49. The molecule has 0 aliphatic carbocycles. The van der Waals surface area contributed by atoms with Gasteiger partial charge in [0, 0.05) is 6.42 Å². The van der Waals surface area contributed by atoms with Crippen LogP contribution in [-0.4, -0.2) is 25.9 Å². The number of nitrogens with two attached hydrogens (primary N) is 1. The molecule has 1 unspecified atom stereocenters. The molecule has 0 spiro atoms. The Morgan fingerprint density at radius 3 is 3.00 bits per heavy atom. The van der Waals surface area contributed by atoms with Gasteiger partial charge in [0.15, 0.2) is 11.6 Å². The fraction of sp³-hybridized carbons (Fsp3) is 0.500. The predicted molar refractivity (Wildman–Crippen MR) is 59.0 cm³/mol. The Bertz CT molecular complexity index is 351. The summed E-state index contributed by atoms with van der Waals surface area (Å²) in [5, 5.41) is 0. The van der Waals surface area contributed by atoms with Crippen molar-refractivity contribution in [1.29, 1.82) is 0 Å². The van der Waals surface area contributed by atoms with Crippen molar-refractivity contribution in [2.45, 2.75) is 18.9 Å². The van der Waals surface area contributed by atoms with E-state index in [2.05, 4.69) is 0 Å². The number of halogens is 1. The average Bonchev–Trinajstić information content (AvgIpc) is 2.75. The quantitative estimate of drug-likeness (QED) is 0.844. The van der Waals surface area contributed by atoms with Crippen LogP contribution in [0.5, 0.6) is 5.75 Å². The minimum atomic E-state index is -0.321. The van der Waals surface area contributed by atoms with Gasteiger partial charge < -0.3 is 15.2 Å². The average molecular weight is 225 g/mol. The first-order valence-corrected chi connectivity index (χ1v) is 5.52. The molecule has 1 aliphatic heterocycles. The van der Waals surface area contributed by atoms with Crippen molar-refractivity contribution in [2.24, 2.45) is 5.73 Å². The second-order valence-corrected chi connectivity index (χ2v) is 3.91. The van der Waals surface area contributed by atoms with Gasteiger partial charge in [0.05, 0.1) is 13.2 Å². The lowest BCUT2D eigenvalue weighted by Gasteiger charge is -2.13. The summed E-state index contributed by atoms with van der Waals surface area (Å²) < 4.78 is 24.3. The molecule has 1 atom stereocenters. The molecule has 1 saturated heterocycles. The van der Waals surface area contributed by atoms with Crippen LogP contribution in [0.15, 0.2) is 18.2 Å². The van der Waals surface area contributed by atoms with Gasteiger partial charge in [-0.25, -0.2) is 4.39 Å². The van der Waals surface area contributed by atoms with E-state index in [1.807, 2.05) is 6.07 Å². The zero-order valence-electron chi connectivity index (χ0n) is 9.12. The van der Waals surface area contributed by atoms with Gasteiger partial charge in [-0.05, 0) is 30.7 Å². The number of ether oxygens (including phenoxy) is 2. The summed E-state index contributed by atoms with van der Waals surface area (Å²) in [5.74, 6) is -0.0193. The zero-order chi connectivity index (χ0) is 11.4. The maximum atomic E-state index is 13.6. The molecule has 2 N–H and O–H groups in total. The number of hydrogen-bond acceptors (Lipinski definition) is 3. The SMILES string of the molecule is NCCc1ccc(OC2CCOC2)c(F)c1. The number of benzene rings is 1. The van der Waals surface area contributed by atoms with E-state index in [-0.39, 0.29) is 11.9 Å². The van der Waals surface area contributed by atoms with Gasteiger partial charge in [-0.15, -0.1) is 0 Å². The van der Waals surface area contributed by atoms with Crippen LogP contribution in [0.3, 0.4) is 0 Å². The lowest BCUT2D eigenvalue weighted by Crippen LogP contribution is -2.16.